The molecule has 2 aromatic rings. The second kappa shape index (κ2) is 11.6. The lowest BCUT2D eigenvalue weighted by Crippen LogP contribution is -2.42. The summed E-state index contributed by atoms with van der Waals surface area (Å²) in [6.45, 7) is 6.10. The molecule has 36 heavy (non-hydrogen) atoms. The van der Waals surface area contributed by atoms with Gasteiger partial charge in [0.2, 0.25) is 0 Å². The van der Waals surface area contributed by atoms with Crippen LogP contribution < -0.4 is 21.0 Å². The van der Waals surface area contributed by atoms with E-state index in [4.69, 9.17) is 35.9 Å². The number of ether oxygens (including phenoxy) is 2. The molecular weight excluding hydrogens is 515 g/mol. The molecule has 7 unspecified atom stereocenters. The molecule has 7 atom stereocenters. The number of nitrogens with two attached hydrogens (primary N) is 1. The van der Waals surface area contributed by atoms with Crippen molar-refractivity contribution in [2.24, 2.45) is 0 Å². The van der Waals surface area contributed by atoms with Crippen molar-refractivity contribution in [3.8, 4) is 5.75 Å². The molecule has 0 bridgehead atoms. The molecule has 1 aromatic carbocycles. The Morgan fingerprint density at radius 3 is 2.58 bits per heavy atom. The smallest absolute Gasteiger partial charge is 0.413 e. The van der Waals surface area contributed by atoms with Gasteiger partial charge < -0.3 is 29.9 Å². The number of aliphatic hydroxyl groups is 2. The Bertz CT molecular complexity index is 1120. The predicted octanol–water partition coefficient (Wildman–Crippen LogP) is 2.01. The fourth-order valence-corrected chi connectivity index (χ4v) is 5.39. The Hall–Kier alpha value is -2.02. The molecule has 14 heteroatoms. The minimum atomic E-state index is -4.14. The molecule has 1 fully saturated rings. The summed E-state index contributed by atoms with van der Waals surface area (Å²) >= 11 is 6.56. The van der Waals surface area contributed by atoms with Crippen molar-refractivity contribution in [3.63, 3.8) is 0 Å². The van der Waals surface area contributed by atoms with Crippen LogP contribution in [0.1, 0.15) is 33.9 Å². The first-order valence-electron chi connectivity index (χ1n) is 11.3. The monoisotopic (exact) mass is 546 g/mol. The Labute approximate surface area is 213 Å². The first kappa shape index (κ1) is 28.5. The zero-order valence-electron chi connectivity index (χ0n) is 20.4. The van der Waals surface area contributed by atoms with E-state index in [1.165, 1.54) is 19.2 Å². The van der Waals surface area contributed by atoms with Crippen LogP contribution in [-0.2, 0) is 18.6 Å². The van der Waals surface area contributed by atoms with Crippen LogP contribution in [0, 0.1) is 0 Å². The lowest BCUT2D eigenvalue weighted by Gasteiger charge is -2.28. The second-order valence-electron chi connectivity index (χ2n) is 8.86. The molecule has 1 aliphatic heterocycles. The average Bonchev–Trinajstić information content (AvgIpc) is 3.01. The Morgan fingerprint density at radius 2 is 1.97 bits per heavy atom. The molecule has 0 amide bonds. The van der Waals surface area contributed by atoms with E-state index in [0.29, 0.717) is 0 Å². The minimum absolute atomic E-state index is 0.0220. The zero-order valence-corrected chi connectivity index (χ0v) is 22.0. The summed E-state index contributed by atoms with van der Waals surface area (Å²) in [5.41, 5.74) is 4.83. The van der Waals surface area contributed by atoms with E-state index < -0.39 is 55.7 Å². The number of halogens is 1. The first-order chi connectivity index (χ1) is 16.8. The number of nitrogen functional groups attached to an aromatic ring is 1. The lowest BCUT2D eigenvalue weighted by atomic mass is 10.0. The quantitative estimate of drug-likeness (QED) is 0.185. The van der Waals surface area contributed by atoms with E-state index >= 15 is 0 Å². The summed E-state index contributed by atoms with van der Waals surface area (Å²) in [5.74, 6) is 0.265. The maximum atomic E-state index is 13.7. The van der Waals surface area contributed by atoms with Gasteiger partial charge in [-0.25, -0.2) is 14.4 Å². The number of aliphatic hydroxyl groups excluding tert-OH is 2. The van der Waals surface area contributed by atoms with Crippen molar-refractivity contribution in [1.29, 1.82) is 0 Å². The van der Waals surface area contributed by atoms with Crippen LogP contribution in [0.25, 0.3) is 0 Å². The maximum absolute atomic E-state index is 13.7. The molecule has 5 N–H and O–H groups in total. The molecule has 1 aliphatic rings. The number of hydrogen-bond acceptors (Lipinski definition) is 10. The van der Waals surface area contributed by atoms with E-state index in [1.807, 2.05) is 0 Å². The van der Waals surface area contributed by atoms with Gasteiger partial charge in [0.1, 0.15) is 28.6 Å². The van der Waals surface area contributed by atoms with Crippen LogP contribution in [0.2, 0.25) is 0 Å². The highest BCUT2D eigenvalue weighted by atomic mass is 35.5. The molecular formula is C22H32ClN4O8P. The van der Waals surface area contributed by atoms with E-state index in [-0.39, 0.29) is 17.7 Å². The SMILES string of the molecule is CC(C)OC(O)C(C)NP(=O)(OCC1OC(n2ccc(N)nc2=O)C(C)(Cl)C1O)Oc1ccccc1. The van der Waals surface area contributed by atoms with E-state index in [1.54, 1.807) is 51.1 Å². The van der Waals surface area contributed by atoms with Gasteiger partial charge in [-0.3, -0.25) is 9.09 Å². The number of benzene rings is 1. The molecule has 200 valence electrons. The molecule has 1 saturated heterocycles. The summed E-state index contributed by atoms with van der Waals surface area (Å²) in [4.78, 5) is 14.5. The van der Waals surface area contributed by atoms with Crippen molar-refractivity contribution in [3.05, 3.63) is 53.1 Å². The van der Waals surface area contributed by atoms with Crippen molar-refractivity contribution >= 4 is 25.2 Å². The van der Waals surface area contributed by atoms with Crippen molar-refractivity contribution in [2.75, 3.05) is 12.3 Å². The zero-order chi connectivity index (χ0) is 26.7. The number of anilines is 1. The number of rotatable bonds is 11. The van der Waals surface area contributed by atoms with Gasteiger partial charge in [0.15, 0.2) is 12.5 Å². The third kappa shape index (κ3) is 6.84. The highest BCUT2D eigenvalue weighted by Crippen LogP contribution is 2.48. The van der Waals surface area contributed by atoms with Crippen LogP contribution in [0.5, 0.6) is 5.75 Å². The summed E-state index contributed by atoms with van der Waals surface area (Å²) in [6.07, 6.45) is -3.78. The Morgan fingerprint density at radius 1 is 1.31 bits per heavy atom. The number of alkyl halides is 1. The summed E-state index contributed by atoms with van der Waals surface area (Å²) in [5, 5.41) is 23.8. The summed E-state index contributed by atoms with van der Waals surface area (Å²) in [7, 11) is -4.14. The highest BCUT2D eigenvalue weighted by Gasteiger charge is 2.54. The van der Waals surface area contributed by atoms with Crippen LogP contribution >= 0.6 is 19.3 Å². The normalized spacial score (nSPS) is 27.5. The molecule has 3 rings (SSSR count). The molecule has 0 aliphatic carbocycles. The van der Waals surface area contributed by atoms with Crippen molar-refractivity contribution < 1.29 is 33.3 Å². The Kier molecular flexibility index (Phi) is 9.18. The van der Waals surface area contributed by atoms with E-state index in [9.17, 15) is 19.6 Å². The van der Waals surface area contributed by atoms with Gasteiger partial charge in [-0.15, -0.1) is 11.6 Å². The highest BCUT2D eigenvalue weighted by molar-refractivity contribution is 7.52. The van der Waals surface area contributed by atoms with Crippen LogP contribution in [0.3, 0.4) is 0 Å². The largest absolute Gasteiger partial charge is 0.459 e. The van der Waals surface area contributed by atoms with Gasteiger partial charge in [0.25, 0.3) is 0 Å². The maximum Gasteiger partial charge on any atom is 0.459 e. The molecule has 1 aromatic heterocycles. The van der Waals surface area contributed by atoms with E-state index in [0.717, 1.165) is 4.57 Å². The van der Waals surface area contributed by atoms with Gasteiger partial charge in [-0.2, -0.15) is 4.98 Å². The third-order valence-corrected chi connectivity index (χ3v) is 7.47. The Balaban J connectivity index is 1.79. The molecule has 0 spiro atoms. The summed E-state index contributed by atoms with van der Waals surface area (Å²) < 4.78 is 37.2. The molecule has 0 radical (unpaired) electrons. The molecule has 2 heterocycles. The van der Waals surface area contributed by atoms with Crippen LogP contribution in [0.4, 0.5) is 5.82 Å². The molecule has 0 saturated carbocycles. The van der Waals surface area contributed by atoms with Gasteiger partial charge >= 0.3 is 13.4 Å². The van der Waals surface area contributed by atoms with Gasteiger partial charge in [-0.05, 0) is 45.9 Å². The fraction of sp³-hybridized carbons (Fsp3) is 0.545. The lowest BCUT2D eigenvalue weighted by molar-refractivity contribution is -0.138. The summed E-state index contributed by atoms with van der Waals surface area (Å²) in [6, 6.07) is 8.82. The van der Waals surface area contributed by atoms with Crippen molar-refractivity contribution in [1.82, 2.24) is 14.6 Å². The molecule has 12 nitrogen and oxygen atoms in total. The van der Waals surface area contributed by atoms with Crippen LogP contribution in [0.15, 0.2) is 47.4 Å². The van der Waals surface area contributed by atoms with Crippen molar-refractivity contribution in [2.45, 2.75) is 69.4 Å². The third-order valence-electron chi connectivity index (χ3n) is 5.40. The van der Waals surface area contributed by atoms with Crippen LogP contribution in [-0.4, -0.2) is 61.9 Å². The fourth-order valence-electron chi connectivity index (χ4n) is 3.55. The van der Waals surface area contributed by atoms with E-state index in [2.05, 4.69) is 10.1 Å². The van der Waals surface area contributed by atoms with Gasteiger partial charge in [0.05, 0.1) is 18.8 Å². The first-order valence-corrected chi connectivity index (χ1v) is 13.2. The average molecular weight is 547 g/mol. The second-order valence-corrected chi connectivity index (χ2v) is 11.4. The number of para-hydroxylation sites is 1. The number of aromatic nitrogens is 2. The van der Waals surface area contributed by atoms with Gasteiger partial charge in [0, 0.05) is 6.20 Å². The van der Waals surface area contributed by atoms with Gasteiger partial charge in [-0.1, -0.05) is 18.2 Å². The number of nitrogens with zero attached hydrogens (tertiary/aromatic N) is 2. The topological polar surface area (TPSA) is 167 Å². The standard InChI is InChI=1S/C22H32ClN4O8P/c1-13(2)33-19(29)14(3)26-36(31,35-15-8-6-5-7-9-15)32-12-16-18(28)22(4,23)20(34-16)27-11-10-17(24)25-21(27)30/h5-11,13-14,16,18-20,28-29H,12H2,1-4H3,(H,26,31)(H2,24,25,30). The number of nitrogens with one attached hydrogen (secondary N) is 1. The number of hydrogen-bond donors (Lipinski definition) is 4. The predicted molar refractivity (Wildman–Crippen MR) is 133 cm³/mol. The minimum Gasteiger partial charge on any atom is -0.413 e.